The van der Waals surface area contributed by atoms with E-state index in [0.717, 1.165) is 100 Å². The van der Waals surface area contributed by atoms with E-state index in [4.69, 9.17) is 50.0 Å². The third-order valence-electron chi connectivity index (χ3n) is 17.9. The number of thiophene rings is 3. The van der Waals surface area contributed by atoms with Crippen LogP contribution in [0.5, 0.6) is 0 Å². The first-order valence-corrected chi connectivity index (χ1v) is 40.4. The zero-order valence-corrected chi connectivity index (χ0v) is 66.7. The summed E-state index contributed by atoms with van der Waals surface area (Å²) in [4.78, 5) is 90.1. The van der Waals surface area contributed by atoms with Gasteiger partial charge in [-0.3, -0.25) is 64.0 Å². The fourth-order valence-corrected chi connectivity index (χ4v) is 15.5. The maximum atomic E-state index is 13.7. The average Bonchev–Trinajstić information content (AvgIpc) is 1.58. The third-order valence-corrected chi connectivity index (χ3v) is 22.0. The van der Waals surface area contributed by atoms with Crippen LogP contribution >= 0.6 is 68.8 Å². The lowest BCUT2D eigenvalue weighted by Crippen LogP contribution is -2.56. The van der Waals surface area contributed by atoms with Crippen molar-refractivity contribution in [1.29, 1.82) is 0 Å². The number of carbonyl (C=O) groups excluding carboxylic acids is 7. The smallest absolute Gasteiger partial charge is 0.303 e. The van der Waals surface area contributed by atoms with E-state index in [1.54, 1.807) is 21.4 Å². The number of benzene rings is 7. The summed E-state index contributed by atoms with van der Waals surface area (Å²) in [6, 6.07) is 68.0. The number of nitrogens with zero attached hydrogens (tertiary/aromatic N) is 6. The van der Waals surface area contributed by atoms with Gasteiger partial charge in [0.15, 0.2) is 12.2 Å². The molecule has 586 valence electrons. The summed E-state index contributed by atoms with van der Waals surface area (Å²) >= 11 is 23.2. The summed E-state index contributed by atoms with van der Waals surface area (Å²) < 4.78 is 10.6. The lowest BCUT2D eigenvalue weighted by atomic mass is 10.1. The molecule has 5 amide bonds. The maximum absolute atomic E-state index is 13.7. The Balaban J connectivity index is 0.000000163. The van der Waals surface area contributed by atoms with Crippen LogP contribution < -0.4 is 47.3 Å². The van der Waals surface area contributed by atoms with Gasteiger partial charge in [0.05, 0.1) is 35.8 Å². The first-order chi connectivity index (χ1) is 54.3. The number of para-hydroxylation sites is 4. The summed E-state index contributed by atoms with van der Waals surface area (Å²) in [6.07, 6.45) is -1.63. The molecule has 0 saturated carbocycles. The number of hydrogen-bond acceptors (Lipinski definition) is 20. The Kier molecular flexibility index (Phi) is 32.4. The first kappa shape index (κ1) is 84.3. The molecule has 3 aromatic heterocycles. The number of rotatable bonds is 23. The predicted molar refractivity (Wildman–Crippen MR) is 444 cm³/mol. The monoisotopic (exact) mass is 1630 g/mol. The normalized spacial score (nSPS) is 14.6. The molecular formula is C84H90Cl3N11O11S3. The van der Waals surface area contributed by atoms with Gasteiger partial charge in [-0.25, -0.2) is 5.43 Å². The van der Waals surface area contributed by atoms with Crippen LogP contribution in [0.2, 0.25) is 15.1 Å². The highest BCUT2D eigenvalue weighted by Gasteiger charge is 2.44. The molecule has 4 aliphatic rings. The molecule has 4 atom stereocenters. The number of hydrazine groups is 4. The molecule has 7 aromatic carbocycles. The van der Waals surface area contributed by atoms with Gasteiger partial charge in [0.25, 0.3) is 23.6 Å². The lowest BCUT2D eigenvalue weighted by Gasteiger charge is -2.34. The van der Waals surface area contributed by atoms with E-state index in [0.29, 0.717) is 68.5 Å². The number of nitrogens with two attached hydrogens (primary N) is 1. The lowest BCUT2D eigenvalue weighted by molar-refractivity contribution is -0.178. The second-order valence-electron chi connectivity index (χ2n) is 26.2. The van der Waals surface area contributed by atoms with Gasteiger partial charge in [-0.05, 0) is 173 Å². The molecule has 8 N–H and O–H groups in total. The molecule has 0 aliphatic carbocycles. The number of aliphatic hydroxyl groups excluding tert-OH is 2. The zero-order chi connectivity index (χ0) is 79.3. The summed E-state index contributed by atoms with van der Waals surface area (Å²) in [7, 11) is 0. The number of halogens is 3. The molecule has 4 aliphatic heterocycles. The second kappa shape index (κ2) is 43.0. The Hall–Kier alpha value is -10.2. The first-order valence-electron chi connectivity index (χ1n) is 36.6. The summed E-state index contributed by atoms with van der Waals surface area (Å²) in [5.41, 5.74) is 22.1. The van der Waals surface area contributed by atoms with Crippen molar-refractivity contribution in [1.82, 2.24) is 31.5 Å². The SMILES string of the molecule is CC(=O)O[C@@H](C(=O)NCc1cc(Cc2ccccc2Cl)cs1)[C@@H](OC(C)=O)C(=O)N1CCCN1c1ccccc1.NCc1cc(Cc2ccccc2Cl)cs1.O=C(NCc1cc(Cc2ccccc2Cl)cs1)[C@H](O)[C@@H](O)C(=O)N1CCCN1c1ccccc1.O=C1CCN(c2ccccc2)N1.c1ccc(N2CCCN2)cc1. The third kappa shape index (κ3) is 24.9. The standard InChI is InChI=1S/C29H30ClN3O6S.C25H26ClN3O4S.C12H12ClNS.C9H10N2O.C9H12N2/c1-19(34)38-26(28(36)31-17-24-16-21(18-40-24)15-22-9-6-7-12-25(22)30)27(39-20(2)35)29(37)33-14-8-13-32(33)23-10-4-3-5-11-23;26-21-10-5-4-7-18(21)13-17-14-20(34-16-17)15-27-24(32)22(30)23(31)25(33)29-12-6-11-28(29)19-8-2-1-3-9-19;13-12-4-2-1-3-10(12)5-9-6-11(7-14)15-8-9;12-9-6-7-11(10-9)8-4-2-1-3-5-8;1-2-5-9(6-3-1)11-8-4-7-10-11/h3-7,9-12,16,18,26-27H,8,13-15,17H2,1-2H3,(H,31,36);1-5,7-10,14,16,22-23,30-31H,6,11-13,15H2,(H,27,32);1-4,6,8H,5,7,14H2;1-5H,6-7H2,(H,10,12);1-3,5-6,10H,4,7-8H2/t26-,27-;22-,23-;;;/m11.../s1. The Labute approximate surface area is 679 Å². The quantitative estimate of drug-likeness (QED) is 0.0293. The van der Waals surface area contributed by atoms with Gasteiger partial charge in [-0.1, -0.05) is 162 Å². The van der Waals surface area contributed by atoms with Gasteiger partial charge in [0.2, 0.25) is 18.1 Å². The maximum Gasteiger partial charge on any atom is 0.303 e. The Morgan fingerprint density at radius 2 is 0.857 bits per heavy atom. The molecule has 0 radical (unpaired) electrons. The predicted octanol–water partition coefficient (Wildman–Crippen LogP) is 12.9. The van der Waals surface area contributed by atoms with Gasteiger partial charge in [-0.15, -0.1) is 34.0 Å². The van der Waals surface area contributed by atoms with Crippen molar-refractivity contribution in [3.05, 3.63) is 292 Å². The van der Waals surface area contributed by atoms with Crippen molar-refractivity contribution in [3.63, 3.8) is 0 Å². The summed E-state index contributed by atoms with van der Waals surface area (Å²) in [5, 5.41) is 44.8. The Bertz CT molecular complexity index is 4700. The van der Waals surface area contributed by atoms with Crippen molar-refractivity contribution >= 4 is 133 Å². The van der Waals surface area contributed by atoms with Crippen molar-refractivity contribution in [2.75, 3.05) is 65.8 Å². The fourth-order valence-electron chi connectivity index (χ4n) is 12.5. The average molecular weight is 1630 g/mol. The molecule has 0 unspecified atom stereocenters. The van der Waals surface area contributed by atoms with Gasteiger partial charge >= 0.3 is 11.9 Å². The molecule has 0 bridgehead atoms. The second-order valence-corrected chi connectivity index (χ2v) is 30.4. The summed E-state index contributed by atoms with van der Waals surface area (Å²) in [6.45, 7) is 8.12. The van der Waals surface area contributed by atoms with Crippen molar-refractivity contribution in [3.8, 4) is 0 Å². The van der Waals surface area contributed by atoms with Crippen LogP contribution in [0.3, 0.4) is 0 Å². The minimum Gasteiger partial charge on any atom is -0.448 e. The molecule has 7 heterocycles. The van der Waals surface area contributed by atoms with Crippen molar-refractivity contribution in [2.45, 2.75) is 103 Å². The number of aliphatic hydroxyl groups is 2. The van der Waals surface area contributed by atoms with E-state index in [1.165, 1.54) is 60.8 Å². The number of ether oxygens (including phenoxy) is 2. The number of anilines is 4. The molecule has 14 rings (SSSR count). The molecule has 4 fully saturated rings. The number of amides is 5. The van der Waals surface area contributed by atoms with E-state index in [2.05, 4.69) is 68.3 Å². The van der Waals surface area contributed by atoms with Crippen LogP contribution in [0.15, 0.2) is 228 Å². The van der Waals surface area contributed by atoms with Gasteiger partial charge in [0, 0.05) is 102 Å². The van der Waals surface area contributed by atoms with Crippen LogP contribution in [0.25, 0.3) is 0 Å². The Morgan fingerprint density at radius 1 is 0.464 bits per heavy atom. The highest BCUT2D eigenvalue weighted by Crippen LogP contribution is 2.29. The van der Waals surface area contributed by atoms with Crippen molar-refractivity contribution in [2.24, 2.45) is 5.73 Å². The minimum absolute atomic E-state index is 0.0962. The van der Waals surface area contributed by atoms with E-state index < -0.39 is 60.0 Å². The number of hydrogen-bond donors (Lipinski definition) is 7. The van der Waals surface area contributed by atoms with Crippen LogP contribution in [-0.4, -0.2) is 132 Å². The van der Waals surface area contributed by atoms with E-state index in [-0.39, 0.29) is 19.0 Å². The fraction of sp³-hybridized carbons (Fsp3) is 0.274. The van der Waals surface area contributed by atoms with Crippen LogP contribution in [0.1, 0.15) is 87.5 Å². The van der Waals surface area contributed by atoms with E-state index in [9.17, 15) is 43.8 Å². The van der Waals surface area contributed by atoms with Crippen LogP contribution in [0.4, 0.5) is 22.7 Å². The largest absolute Gasteiger partial charge is 0.448 e. The van der Waals surface area contributed by atoms with Gasteiger partial charge in [0.1, 0.15) is 0 Å². The van der Waals surface area contributed by atoms with Crippen LogP contribution in [0, 0.1) is 0 Å². The molecule has 0 spiro atoms. The Morgan fingerprint density at radius 3 is 1.26 bits per heavy atom. The minimum atomic E-state index is -1.87. The molecule has 28 heteroatoms. The number of esters is 2. The van der Waals surface area contributed by atoms with E-state index >= 15 is 0 Å². The van der Waals surface area contributed by atoms with Crippen molar-refractivity contribution < 1.29 is 53.2 Å². The molecule has 22 nitrogen and oxygen atoms in total. The molecular weight excluding hydrogens is 1540 g/mol. The molecule has 10 aromatic rings. The topological polar surface area (TPSA) is 272 Å². The van der Waals surface area contributed by atoms with Crippen LogP contribution in [-0.2, 0) is 81.9 Å². The highest BCUT2D eigenvalue weighted by atomic mass is 35.5. The summed E-state index contributed by atoms with van der Waals surface area (Å²) in [5.74, 6) is -4.38. The highest BCUT2D eigenvalue weighted by molar-refractivity contribution is 7.10. The molecule has 112 heavy (non-hydrogen) atoms. The van der Waals surface area contributed by atoms with Gasteiger partial charge in [-0.2, -0.15) is 0 Å². The number of carbonyl (C=O) groups is 7. The van der Waals surface area contributed by atoms with Gasteiger partial charge < -0.3 is 41.1 Å². The molecule has 4 saturated heterocycles. The zero-order valence-electron chi connectivity index (χ0n) is 62.0. The number of nitrogens with one attached hydrogen (secondary N) is 4. The van der Waals surface area contributed by atoms with E-state index in [1.807, 2.05) is 192 Å².